The van der Waals surface area contributed by atoms with Gasteiger partial charge in [-0.1, -0.05) is 12.1 Å². The average Bonchev–Trinajstić information content (AvgIpc) is 2.71. The number of carbonyl (C=O) groups excluding carboxylic acids is 2. The maximum absolute atomic E-state index is 12.7. The molecule has 1 fully saturated rings. The number of hydrogen-bond acceptors (Lipinski definition) is 4. The number of urea groups is 1. The van der Waals surface area contributed by atoms with Gasteiger partial charge in [0.25, 0.3) is 5.91 Å². The molecule has 0 aromatic heterocycles. The lowest BCUT2D eigenvalue weighted by molar-refractivity contribution is -0.131. The van der Waals surface area contributed by atoms with Gasteiger partial charge in [0, 0.05) is 6.54 Å². The van der Waals surface area contributed by atoms with Crippen molar-refractivity contribution in [1.82, 2.24) is 10.2 Å². The van der Waals surface area contributed by atoms with E-state index in [-0.39, 0.29) is 18.6 Å². The first-order chi connectivity index (χ1) is 10.8. The third kappa shape index (κ3) is 3.29. The average molecular weight is 315 g/mol. The first-order valence-corrected chi connectivity index (χ1v) is 7.59. The van der Waals surface area contributed by atoms with Gasteiger partial charge in [-0.15, -0.1) is 0 Å². The smallest absolute Gasteiger partial charge is 0.325 e. The number of amides is 3. The highest BCUT2D eigenvalue weighted by Crippen LogP contribution is 2.30. The van der Waals surface area contributed by atoms with Gasteiger partial charge in [0.15, 0.2) is 0 Å². The Labute approximate surface area is 136 Å². The lowest BCUT2D eigenvalue weighted by atomic mass is 9.92. The molecule has 6 heteroatoms. The zero-order valence-corrected chi connectivity index (χ0v) is 13.8. The van der Waals surface area contributed by atoms with Crippen LogP contribution in [-0.4, -0.2) is 29.5 Å². The Morgan fingerprint density at radius 1 is 1.26 bits per heavy atom. The molecule has 2 atom stereocenters. The normalized spacial score (nSPS) is 22.0. The summed E-state index contributed by atoms with van der Waals surface area (Å²) in [6.45, 7) is 7.30. The first kappa shape index (κ1) is 16.8. The van der Waals surface area contributed by atoms with Crippen LogP contribution >= 0.6 is 0 Å². The number of carbonyl (C=O) groups is 2. The summed E-state index contributed by atoms with van der Waals surface area (Å²) in [6.07, 6.45) is 0.0622. The summed E-state index contributed by atoms with van der Waals surface area (Å²) in [4.78, 5) is 25.9. The molecule has 2 unspecified atom stereocenters. The number of rotatable bonds is 5. The molecule has 1 N–H and O–H groups in total. The van der Waals surface area contributed by atoms with Crippen molar-refractivity contribution in [2.75, 3.05) is 6.54 Å². The van der Waals surface area contributed by atoms with Gasteiger partial charge in [-0.05, 0) is 45.4 Å². The van der Waals surface area contributed by atoms with Crippen molar-refractivity contribution < 1.29 is 14.3 Å². The van der Waals surface area contributed by atoms with Crippen molar-refractivity contribution in [3.63, 3.8) is 0 Å². The molecule has 2 rings (SSSR count). The van der Waals surface area contributed by atoms with Gasteiger partial charge in [0.05, 0.1) is 18.1 Å². The summed E-state index contributed by atoms with van der Waals surface area (Å²) in [5.74, 6) is -0.0462. The molecule has 1 heterocycles. The van der Waals surface area contributed by atoms with Crippen molar-refractivity contribution in [1.29, 1.82) is 5.26 Å². The Hall–Kier alpha value is -2.55. The number of nitrogens with one attached hydrogen (secondary N) is 1. The second kappa shape index (κ2) is 6.29. The predicted molar refractivity (Wildman–Crippen MR) is 84.6 cm³/mol. The lowest BCUT2D eigenvalue weighted by Crippen LogP contribution is -2.41. The Kier molecular flexibility index (Phi) is 4.60. The SMILES string of the molecule is CC(C#N)CN1C(=O)NC(C)(c2ccc(OC(C)C)cc2)C1=O. The third-order valence-electron chi connectivity index (χ3n) is 3.76. The zero-order valence-electron chi connectivity index (χ0n) is 13.8. The summed E-state index contributed by atoms with van der Waals surface area (Å²) in [5, 5.41) is 11.6. The monoisotopic (exact) mass is 315 g/mol. The van der Waals surface area contributed by atoms with E-state index in [1.807, 2.05) is 19.9 Å². The predicted octanol–water partition coefficient (Wildman–Crippen LogP) is 2.40. The van der Waals surface area contributed by atoms with Crippen LogP contribution in [0.5, 0.6) is 5.75 Å². The lowest BCUT2D eigenvalue weighted by Gasteiger charge is -2.23. The third-order valence-corrected chi connectivity index (χ3v) is 3.76. The molecule has 1 aromatic rings. The maximum atomic E-state index is 12.7. The van der Waals surface area contributed by atoms with Gasteiger partial charge in [-0.25, -0.2) is 4.79 Å². The summed E-state index contributed by atoms with van der Waals surface area (Å²) < 4.78 is 5.58. The molecular weight excluding hydrogens is 294 g/mol. The minimum absolute atomic E-state index is 0.0622. The molecule has 1 aliphatic heterocycles. The van der Waals surface area contributed by atoms with E-state index in [1.54, 1.807) is 38.1 Å². The highest BCUT2D eigenvalue weighted by Gasteiger charge is 2.49. The fraction of sp³-hybridized carbons (Fsp3) is 0.471. The van der Waals surface area contributed by atoms with Crippen LogP contribution in [0, 0.1) is 17.2 Å². The van der Waals surface area contributed by atoms with Crippen LogP contribution in [0.2, 0.25) is 0 Å². The fourth-order valence-corrected chi connectivity index (χ4v) is 2.51. The number of nitriles is 1. The molecule has 122 valence electrons. The second-order valence-corrected chi connectivity index (χ2v) is 6.19. The van der Waals surface area contributed by atoms with Crippen LogP contribution < -0.4 is 10.1 Å². The first-order valence-electron chi connectivity index (χ1n) is 7.59. The van der Waals surface area contributed by atoms with Crippen molar-refractivity contribution in [2.24, 2.45) is 5.92 Å². The van der Waals surface area contributed by atoms with Crippen LogP contribution in [0.3, 0.4) is 0 Å². The summed E-state index contributed by atoms with van der Waals surface area (Å²) in [6, 6.07) is 8.66. The Bertz CT molecular complexity index is 648. The van der Waals surface area contributed by atoms with E-state index in [1.165, 1.54) is 0 Å². The highest BCUT2D eigenvalue weighted by molar-refractivity contribution is 6.07. The fourth-order valence-electron chi connectivity index (χ4n) is 2.51. The minimum Gasteiger partial charge on any atom is -0.491 e. The molecule has 0 saturated carbocycles. The maximum Gasteiger partial charge on any atom is 0.325 e. The van der Waals surface area contributed by atoms with Gasteiger partial charge in [0.1, 0.15) is 11.3 Å². The number of benzene rings is 1. The number of hydrogen-bond donors (Lipinski definition) is 1. The molecule has 23 heavy (non-hydrogen) atoms. The molecular formula is C17H21N3O3. The van der Waals surface area contributed by atoms with Crippen LogP contribution in [0.1, 0.15) is 33.3 Å². The highest BCUT2D eigenvalue weighted by atomic mass is 16.5. The van der Waals surface area contributed by atoms with E-state index < -0.39 is 17.5 Å². The molecule has 0 spiro atoms. The minimum atomic E-state index is -1.12. The van der Waals surface area contributed by atoms with Crippen LogP contribution in [-0.2, 0) is 10.3 Å². The Balaban J connectivity index is 2.23. The van der Waals surface area contributed by atoms with Gasteiger partial charge in [-0.3, -0.25) is 9.69 Å². The van der Waals surface area contributed by atoms with E-state index >= 15 is 0 Å². The second-order valence-electron chi connectivity index (χ2n) is 6.19. The topological polar surface area (TPSA) is 82.4 Å². The number of ether oxygens (including phenoxy) is 1. The van der Waals surface area contributed by atoms with Gasteiger partial charge < -0.3 is 10.1 Å². The number of nitrogens with zero attached hydrogens (tertiary/aromatic N) is 2. The van der Waals surface area contributed by atoms with E-state index in [0.29, 0.717) is 11.3 Å². The van der Waals surface area contributed by atoms with E-state index in [2.05, 4.69) is 5.32 Å². The van der Waals surface area contributed by atoms with E-state index in [4.69, 9.17) is 10.00 Å². The molecule has 3 amide bonds. The van der Waals surface area contributed by atoms with Crippen LogP contribution in [0.15, 0.2) is 24.3 Å². The van der Waals surface area contributed by atoms with E-state index in [0.717, 1.165) is 4.90 Å². The van der Waals surface area contributed by atoms with Crippen molar-refractivity contribution in [2.45, 2.75) is 39.3 Å². The Morgan fingerprint density at radius 2 is 1.87 bits per heavy atom. The van der Waals surface area contributed by atoms with Crippen LogP contribution in [0.4, 0.5) is 4.79 Å². The molecule has 1 aromatic carbocycles. The quantitative estimate of drug-likeness (QED) is 0.846. The molecule has 1 aliphatic rings. The number of imide groups is 1. The standard InChI is InChI=1S/C17H21N3O3/c1-11(2)23-14-7-5-13(6-8-14)17(4)15(21)20(16(22)19-17)10-12(3)9-18/h5-8,11-12H,10H2,1-4H3,(H,19,22). The van der Waals surface area contributed by atoms with Crippen molar-refractivity contribution in [3.8, 4) is 11.8 Å². The molecule has 0 radical (unpaired) electrons. The summed E-state index contributed by atoms with van der Waals surface area (Å²) in [5.41, 5.74) is -0.443. The largest absolute Gasteiger partial charge is 0.491 e. The summed E-state index contributed by atoms with van der Waals surface area (Å²) in [7, 11) is 0. The van der Waals surface area contributed by atoms with Crippen molar-refractivity contribution >= 4 is 11.9 Å². The van der Waals surface area contributed by atoms with Crippen LogP contribution in [0.25, 0.3) is 0 Å². The Morgan fingerprint density at radius 3 is 2.39 bits per heavy atom. The van der Waals surface area contributed by atoms with E-state index in [9.17, 15) is 9.59 Å². The van der Waals surface area contributed by atoms with Gasteiger partial charge >= 0.3 is 6.03 Å². The van der Waals surface area contributed by atoms with Crippen molar-refractivity contribution in [3.05, 3.63) is 29.8 Å². The van der Waals surface area contributed by atoms with Gasteiger partial charge in [0.2, 0.25) is 0 Å². The zero-order chi connectivity index (χ0) is 17.2. The molecule has 1 saturated heterocycles. The molecule has 6 nitrogen and oxygen atoms in total. The molecule has 0 bridgehead atoms. The molecule has 0 aliphatic carbocycles. The summed E-state index contributed by atoms with van der Waals surface area (Å²) >= 11 is 0. The van der Waals surface area contributed by atoms with Gasteiger partial charge in [-0.2, -0.15) is 5.26 Å².